The molecule has 2 aromatic carbocycles. The van der Waals surface area contributed by atoms with Gasteiger partial charge in [0.2, 0.25) is 11.7 Å². The van der Waals surface area contributed by atoms with Crippen molar-refractivity contribution in [3.63, 3.8) is 0 Å². The van der Waals surface area contributed by atoms with Crippen molar-refractivity contribution in [3.05, 3.63) is 90.4 Å². The number of aromatic amines is 1. The zero-order chi connectivity index (χ0) is 19.6. The molecule has 4 aromatic rings. The van der Waals surface area contributed by atoms with Crippen molar-refractivity contribution < 1.29 is 9.53 Å². The summed E-state index contributed by atoms with van der Waals surface area (Å²) in [6.45, 7) is 0. The summed E-state index contributed by atoms with van der Waals surface area (Å²) < 4.78 is 5.74. The molecule has 1 saturated heterocycles. The Hall–Kier alpha value is -3.99. The maximum absolute atomic E-state index is 12.4. The van der Waals surface area contributed by atoms with Gasteiger partial charge in [0.1, 0.15) is 5.65 Å². The van der Waals surface area contributed by atoms with Gasteiger partial charge in [-0.25, -0.2) is 9.98 Å². The van der Waals surface area contributed by atoms with Crippen LogP contribution < -0.4 is 0 Å². The van der Waals surface area contributed by atoms with E-state index in [-0.39, 0.29) is 12.2 Å². The van der Waals surface area contributed by atoms with Crippen molar-refractivity contribution in [3.8, 4) is 11.1 Å². The Bertz CT molecular complexity index is 1250. The second kappa shape index (κ2) is 7.20. The number of carbonyl (C=O) groups is 1. The lowest BCUT2D eigenvalue weighted by Gasteiger charge is -2.02. The molecule has 0 radical (unpaired) electrons. The van der Waals surface area contributed by atoms with Gasteiger partial charge in [-0.05, 0) is 41.5 Å². The Morgan fingerprint density at radius 3 is 2.59 bits per heavy atom. The molecular weight excluding hydrogens is 362 g/mol. The predicted molar refractivity (Wildman–Crippen MR) is 114 cm³/mol. The molecule has 1 fully saturated rings. The van der Waals surface area contributed by atoms with Gasteiger partial charge in [-0.1, -0.05) is 42.5 Å². The van der Waals surface area contributed by atoms with Gasteiger partial charge >= 0.3 is 0 Å². The minimum absolute atomic E-state index is 0.0807. The summed E-state index contributed by atoms with van der Waals surface area (Å²) in [5.41, 5.74) is 4.66. The fourth-order valence-electron chi connectivity index (χ4n) is 3.36. The monoisotopic (exact) mass is 379 g/mol. The number of H-pyrrole nitrogens is 1. The Balaban J connectivity index is 1.38. The molecule has 2 aromatic heterocycles. The predicted octanol–water partition coefficient (Wildman–Crippen LogP) is 5.29. The molecule has 0 bridgehead atoms. The second-order valence-electron chi connectivity index (χ2n) is 6.77. The molecule has 5 rings (SSSR count). The van der Waals surface area contributed by atoms with Crippen LogP contribution in [0, 0.1) is 0 Å². The van der Waals surface area contributed by atoms with Crippen LogP contribution in [-0.2, 0) is 9.53 Å². The number of nitrogens with one attached hydrogen (secondary N) is 1. The van der Waals surface area contributed by atoms with E-state index in [1.807, 2.05) is 60.8 Å². The summed E-state index contributed by atoms with van der Waals surface area (Å²) in [5, 5.41) is 0.943. The Labute approximate surface area is 167 Å². The highest BCUT2D eigenvalue weighted by Crippen LogP contribution is 2.26. The van der Waals surface area contributed by atoms with E-state index in [1.54, 1.807) is 12.3 Å². The summed E-state index contributed by atoms with van der Waals surface area (Å²) in [6, 6.07) is 21.9. The number of Topliss-reactive ketones (excluding diaryl/α,β-unsaturated/α-hetero) is 1. The second-order valence-corrected chi connectivity index (χ2v) is 6.77. The van der Waals surface area contributed by atoms with E-state index >= 15 is 0 Å². The van der Waals surface area contributed by atoms with Gasteiger partial charge in [0.25, 0.3) is 0 Å². The Morgan fingerprint density at radius 2 is 1.76 bits per heavy atom. The van der Waals surface area contributed by atoms with Crippen LogP contribution in [0.3, 0.4) is 0 Å². The highest BCUT2D eigenvalue weighted by atomic mass is 16.5. The van der Waals surface area contributed by atoms with Gasteiger partial charge in [0.15, 0.2) is 5.76 Å². The quantitative estimate of drug-likeness (QED) is 0.492. The minimum atomic E-state index is -0.0807. The number of aromatic nitrogens is 2. The molecule has 1 N–H and O–H groups in total. The highest BCUT2D eigenvalue weighted by molar-refractivity contribution is 6.15. The number of benzene rings is 2. The number of hydrogen-bond donors (Lipinski definition) is 1. The topological polar surface area (TPSA) is 67.3 Å². The number of aliphatic imine (C=N–C) groups is 1. The van der Waals surface area contributed by atoms with Crippen molar-refractivity contribution in [1.29, 1.82) is 0 Å². The highest BCUT2D eigenvalue weighted by Gasteiger charge is 2.26. The first-order valence-corrected chi connectivity index (χ1v) is 9.34. The van der Waals surface area contributed by atoms with E-state index in [1.165, 1.54) is 0 Å². The molecule has 0 saturated carbocycles. The van der Waals surface area contributed by atoms with Crippen molar-refractivity contribution in [2.24, 2.45) is 4.99 Å². The number of allylic oxidation sites excluding steroid dienone is 1. The Kier molecular flexibility index (Phi) is 4.26. The molecule has 5 nitrogen and oxygen atoms in total. The number of ether oxygens (including phenoxy) is 1. The van der Waals surface area contributed by atoms with Gasteiger partial charge in [0.05, 0.1) is 12.1 Å². The number of hydrogen-bond acceptors (Lipinski definition) is 4. The van der Waals surface area contributed by atoms with Crippen molar-refractivity contribution in [1.82, 2.24) is 9.97 Å². The minimum Gasteiger partial charge on any atom is -0.439 e. The van der Waals surface area contributed by atoms with E-state index in [4.69, 9.17) is 4.74 Å². The number of rotatable bonds is 3. The summed E-state index contributed by atoms with van der Waals surface area (Å²) in [7, 11) is 0. The van der Waals surface area contributed by atoms with Crippen molar-refractivity contribution >= 4 is 34.5 Å². The zero-order valence-corrected chi connectivity index (χ0v) is 15.5. The standard InChI is InChI=1S/C24H17N3O2/c28-21-14-23(27-19-10-8-17(9-11-19)16-5-2-1-3-6-16)29-22(21)13-18-15-26-24-20(18)7-4-12-25-24/h1-13,15H,14H2,(H,25,26)/b22-13-,27-23?. The average molecular weight is 379 g/mol. The van der Waals surface area contributed by atoms with Crippen LogP contribution in [0.2, 0.25) is 0 Å². The van der Waals surface area contributed by atoms with E-state index in [0.29, 0.717) is 11.7 Å². The molecule has 0 aliphatic carbocycles. The lowest BCUT2D eigenvalue weighted by molar-refractivity contribution is -0.114. The first kappa shape index (κ1) is 17.1. The molecule has 5 heteroatoms. The molecule has 29 heavy (non-hydrogen) atoms. The molecule has 0 amide bonds. The number of carbonyl (C=O) groups excluding carboxylic acids is 1. The molecule has 0 unspecified atom stereocenters. The fraction of sp³-hybridized carbons (Fsp3) is 0.0417. The number of nitrogens with zero attached hydrogens (tertiary/aromatic N) is 2. The zero-order valence-electron chi connectivity index (χ0n) is 15.5. The molecule has 3 heterocycles. The molecule has 140 valence electrons. The van der Waals surface area contributed by atoms with Gasteiger partial charge < -0.3 is 9.72 Å². The fourth-order valence-corrected chi connectivity index (χ4v) is 3.36. The third kappa shape index (κ3) is 3.46. The number of fused-ring (bicyclic) bond motifs is 1. The van der Waals surface area contributed by atoms with Crippen LogP contribution in [-0.4, -0.2) is 21.6 Å². The molecule has 0 spiro atoms. The van der Waals surface area contributed by atoms with Crippen LogP contribution >= 0.6 is 0 Å². The summed E-state index contributed by atoms with van der Waals surface area (Å²) in [6.07, 6.45) is 5.44. The lowest BCUT2D eigenvalue weighted by atomic mass is 10.1. The number of pyridine rings is 1. The van der Waals surface area contributed by atoms with E-state index in [2.05, 4.69) is 27.1 Å². The van der Waals surface area contributed by atoms with Crippen LogP contribution in [0.15, 0.2) is 89.9 Å². The molecule has 0 atom stereocenters. The van der Waals surface area contributed by atoms with Crippen LogP contribution in [0.1, 0.15) is 12.0 Å². The lowest BCUT2D eigenvalue weighted by Crippen LogP contribution is -1.92. The summed E-state index contributed by atoms with van der Waals surface area (Å²) in [5.74, 6) is 0.629. The van der Waals surface area contributed by atoms with Crippen LogP contribution in [0.25, 0.3) is 28.2 Å². The first-order chi connectivity index (χ1) is 14.3. The van der Waals surface area contributed by atoms with Crippen molar-refractivity contribution in [2.45, 2.75) is 6.42 Å². The third-order valence-electron chi connectivity index (χ3n) is 4.81. The van der Waals surface area contributed by atoms with E-state index in [9.17, 15) is 4.79 Å². The van der Waals surface area contributed by atoms with Crippen molar-refractivity contribution in [2.75, 3.05) is 0 Å². The third-order valence-corrected chi connectivity index (χ3v) is 4.81. The van der Waals surface area contributed by atoms with E-state index in [0.717, 1.165) is 33.4 Å². The van der Waals surface area contributed by atoms with Gasteiger partial charge in [0, 0.05) is 23.3 Å². The maximum Gasteiger partial charge on any atom is 0.207 e. The van der Waals surface area contributed by atoms with Gasteiger partial charge in [-0.2, -0.15) is 0 Å². The Morgan fingerprint density at radius 1 is 0.966 bits per heavy atom. The molecule has 1 aliphatic rings. The van der Waals surface area contributed by atoms with Gasteiger partial charge in [-0.15, -0.1) is 0 Å². The van der Waals surface area contributed by atoms with E-state index < -0.39 is 0 Å². The smallest absolute Gasteiger partial charge is 0.207 e. The summed E-state index contributed by atoms with van der Waals surface area (Å²) >= 11 is 0. The molecule has 1 aliphatic heterocycles. The first-order valence-electron chi connectivity index (χ1n) is 9.34. The molecular formula is C24H17N3O2. The largest absolute Gasteiger partial charge is 0.439 e. The number of ketones is 1. The van der Waals surface area contributed by atoms with Crippen LogP contribution in [0.5, 0.6) is 0 Å². The average Bonchev–Trinajstić information content (AvgIpc) is 3.33. The summed E-state index contributed by atoms with van der Waals surface area (Å²) in [4.78, 5) is 24.2. The maximum atomic E-state index is 12.4. The normalized spacial score (nSPS) is 16.6. The van der Waals surface area contributed by atoms with Crippen LogP contribution in [0.4, 0.5) is 5.69 Å². The van der Waals surface area contributed by atoms with Gasteiger partial charge in [-0.3, -0.25) is 4.79 Å². The SMILES string of the molecule is O=C1CC(=Nc2ccc(-c3ccccc3)cc2)O/C1=C\c1c[nH]c2ncccc12.